The largest absolute Gasteiger partial charge is 0.464 e. The topological polar surface area (TPSA) is 38.3 Å². The van der Waals surface area contributed by atoms with Crippen molar-refractivity contribution >= 4 is 5.97 Å². The molecule has 0 spiro atoms. The van der Waals surface area contributed by atoms with Crippen LogP contribution in [0.15, 0.2) is 0 Å². The SMILES string of the molecule is CCCCCNC(C)C(=O)OCC(C)(C)C. The van der Waals surface area contributed by atoms with Gasteiger partial charge in [0, 0.05) is 0 Å². The number of hydrogen-bond donors (Lipinski definition) is 1. The van der Waals surface area contributed by atoms with Crippen LogP contribution in [0.3, 0.4) is 0 Å². The van der Waals surface area contributed by atoms with Crippen molar-refractivity contribution in [2.75, 3.05) is 13.2 Å². The van der Waals surface area contributed by atoms with Gasteiger partial charge in [0.1, 0.15) is 6.04 Å². The number of ether oxygens (including phenoxy) is 1. The van der Waals surface area contributed by atoms with E-state index in [1.807, 2.05) is 6.92 Å². The quantitative estimate of drug-likeness (QED) is 0.539. The van der Waals surface area contributed by atoms with Crippen LogP contribution in [0.1, 0.15) is 53.9 Å². The molecule has 0 radical (unpaired) electrons. The van der Waals surface area contributed by atoms with Crippen LogP contribution in [0, 0.1) is 5.41 Å². The normalized spacial score (nSPS) is 13.6. The molecule has 1 unspecified atom stereocenters. The summed E-state index contributed by atoms with van der Waals surface area (Å²) >= 11 is 0. The van der Waals surface area contributed by atoms with E-state index in [1.54, 1.807) is 0 Å². The van der Waals surface area contributed by atoms with E-state index >= 15 is 0 Å². The van der Waals surface area contributed by atoms with Gasteiger partial charge >= 0.3 is 5.97 Å². The summed E-state index contributed by atoms with van der Waals surface area (Å²) in [6.07, 6.45) is 3.52. The molecule has 0 saturated heterocycles. The molecule has 0 aliphatic carbocycles. The Labute approximate surface area is 99.9 Å². The minimum atomic E-state index is -0.195. The second kappa shape index (κ2) is 7.66. The van der Waals surface area contributed by atoms with Gasteiger partial charge in [-0.1, -0.05) is 40.5 Å². The first-order valence-corrected chi connectivity index (χ1v) is 6.27. The highest BCUT2D eigenvalue weighted by Gasteiger charge is 2.17. The molecule has 0 saturated carbocycles. The van der Waals surface area contributed by atoms with Gasteiger partial charge in [0.05, 0.1) is 6.61 Å². The first-order valence-electron chi connectivity index (χ1n) is 6.27. The molecule has 0 heterocycles. The van der Waals surface area contributed by atoms with Gasteiger partial charge in [0.15, 0.2) is 0 Å². The van der Waals surface area contributed by atoms with Crippen molar-refractivity contribution in [3.8, 4) is 0 Å². The Kier molecular flexibility index (Phi) is 7.39. The summed E-state index contributed by atoms with van der Waals surface area (Å²) in [5, 5.41) is 3.18. The first-order chi connectivity index (χ1) is 7.37. The maximum absolute atomic E-state index is 11.6. The summed E-state index contributed by atoms with van der Waals surface area (Å²) in [6, 6.07) is -0.195. The fourth-order valence-corrected chi connectivity index (χ4v) is 1.19. The number of rotatable bonds is 7. The number of hydrogen-bond acceptors (Lipinski definition) is 3. The van der Waals surface area contributed by atoms with Crippen LogP contribution in [0.5, 0.6) is 0 Å². The van der Waals surface area contributed by atoms with Gasteiger partial charge in [-0.05, 0) is 25.3 Å². The Morgan fingerprint density at radius 2 is 1.94 bits per heavy atom. The summed E-state index contributed by atoms with van der Waals surface area (Å²) in [5.41, 5.74) is 0.0393. The van der Waals surface area contributed by atoms with E-state index in [-0.39, 0.29) is 17.4 Å². The molecule has 3 nitrogen and oxygen atoms in total. The van der Waals surface area contributed by atoms with E-state index in [2.05, 4.69) is 33.0 Å². The first kappa shape index (κ1) is 15.4. The maximum Gasteiger partial charge on any atom is 0.322 e. The van der Waals surface area contributed by atoms with Crippen LogP contribution in [-0.2, 0) is 9.53 Å². The van der Waals surface area contributed by atoms with E-state index in [0.29, 0.717) is 6.61 Å². The molecule has 96 valence electrons. The smallest absolute Gasteiger partial charge is 0.322 e. The summed E-state index contributed by atoms with van der Waals surface area (Å²) in [4.78, 5) is 11.6. The van der Waals surface area contributed by atoms with Crippen molar-refractivity contribution in [1.82, 2.24) is 5.32 Å². The highest BCUT2D eigenvalue weighted by atomic mass is 16.5. The molecule has 0 aromatic heterocycles. The van der Waals surface area contributed by atoms with Crippen molar-refractivity contribution < 1.29 is 9.53 Å². The van der Waals surface area contributed by atoms with Gasteiger partial charge in [-0.15, -0.1) is 0 Å². The number of unbranched alkanes of at least 4 members (excludes halogenated alkanes) is 2. The molecule has 1 N–H and O–H groups in total. The van der Waals surface area contributed by atoms with Gasteiger partial charge < -0.3 is 10.1 Å². The van der Waals surface area contributed by atoms with E-state index < -0.39 is 0 Å². The van der Waals surface area contributed by atoms with Crippen LogP contribution in [0.2, 0.25) is 0 Å². The van der Waals surface area contributed by atoms with Crippen molar-refractivity contribution in [3.05, 3.63) is 0 Å². The molecule has 0 rings (SSSR count). The molecule has 0 amide bonds. The fourth-order valence-electron chi connectivity index (χ4n) is 1.19. The molecule has 3 heteroatoms. The fraction of sp³-hybridized carbons (Fsp3) is 0.923. The Balaban J connectivity index is 3.65. The van der Waals surface area contributed by atoms with E-state index in [1.165, 1.54) is 12.8 Å². The zero-order chi connectivity index (χ0) is 12.6. The minimum absolute atomic E-state index is 0.0393. The molecule has 0 aromatic carbocycles. The molecule has 1 atom stereocenters. The summed E-state index contributed by atoms with van der Waals surface area (Å²) < 4.78 is 5.22. The van der Waals surface area contributed by atoms with Crippen molar-refractivity contribution in [3.63, 3.8) is 0 Å². The number of nitrogens with one attached hydrogen (secondary N) is 1. The lowest BCUT2D eigenvalue weighted by Crippen LogP contribution is -2.37. The standard InChI is InChI=1S/C13H27NO2/c1-6-7-8-9-14-11(2)12(15)16-10-13(3,4)5/h11,14H,6-10H2,1-5H3. The predicted molar refractivity (Wildman–Crippen MR) is 67.4 cm³/mol. The lowest BCUT2D eigenvalue weighted by Gasteiger charge is -2.20. The number of carbonyl (C=O) groups is 1. The van der Waals surface area contributed by atoms with Crippen molar-refractivity contribution in [2.45, 2.75) is 59.9 Å². The molecule has 16 heavy (non-hydrogen) atoms. The van der Waals surface area contributed by atoms with Gasteiger partial charge in [-0.2, -0.15) is 0 Å². The summed E-state index contributed by atoms with van der Waals surface area (Å²) in [5.74, 6) is -0.147. The molecular formula is C13H27NO2. The molecule has 0 aromatic rings. The molecule has 0 fully saturated rings. The maximum atomic E-state index is 11.6. The van der Waals surface area contributed by atoms with Crippen LogP contribution < -0.4 is 5.32 Å². The second-order valence-corrected chi connectivity index (χ2v) is 5.55. The van der Waals surface area contributed by atoms with Gasteiger partial charge in [0.2, 0.25) is 0 Å². The second-order valence-electron chi connectivity index (χ2n) is 5.55. The third-order valence-electron chi connectivity index (χ3n) is 2.23. The predicted octanol–water partition coefficient (Wildman–Crippen LogP) is 2.74. The van der Waals surface area contributed by atoms with E-state index in [4.69, 9.17) is 4.74 Å². The van der Waals surface area contributed by atoms with Crippen LogP contribution in [-0.4, -0.2) is 25.2 Å². The monoisotopic (exact) mass is 229 g/mol. The molecule has 0 bridgehead atoms. The average molecular weight is 229 g/mol. The average Bonchev–Trinajstić information content (AvgIpc) is 2.19. The third-order valence-corrected chi connectivity index (χ3v) is 2.23. The zero-order valence-electron chi connectivity index (χ0n) is 11.4. The van der Waals surface area contributed by atoms with Crippen molar-refractivity contribution in [1.29, 1.82) is 0 Å². The van der Waals surface area contributed by atoms with E-state index in [9.17, 15) is 4.79 Å². The van der Waals surface area contributed by atoms with E-state index in [0.717, 1.165) is 13.0 Å². The van der Waals surface area contributed by atoms with Crippen LogP contribution >= 0.6 is 0 Å². The summed E-state index contributed by atoms with van der Waals surface area (Å²) in [6.45, 7) is 11.6. The highest BCUT2D eigenvalue weighted by Crippen LogP contribution is 2.13. The Morgan fingerprint density at radius 1 is 1.31 bits per heavy atom. The van der Waals surface area contributed by atoms with Gasteiger partial charge in [-0.3, -0.25) is 4.79 Å². The lowest BCUT2D eigenvalue weighted by atomic mass is 9.99. The molecule has 0 aliphatic heterocycles. The number of esters is 1. The highest BCUT2D eigenvalue weighted by molar-refractivity contribution is 5.75. The third kappa shape index (κ3) is 8.72. The Bertz CT molecular complexity index is 197. The molecule has 0 aliphatic rings. The Hall–Kier alpha value is -0.570. The van der Waals surface area contributed by atoms with Gasteiger partial charge in [-0.25, -0.2) is 0 Å². The van der Waals surface area contributed by atoms with Crippen LogP contribution in [0.4, 0.5) is 0 Å². The van der Waals surface area contributed by atoms with Gasteiger partial charge in [0.25, 0.3) is 0 Å². The Morgan fingerprint density at radius 3 is 2.44 bits per heavy atom. The van der Waals surface area contributed by atoms with Crippen LogP contribution in [0.25, 0.3) is 0 Å². The minimum Gasteiger partial charge on any atom is -0.464 e. The zero-order valence-corrected chi connectivity index (χ0v) is 11.4. The van der Waals surface area contributed by atoms with Crippen molar-refractivity contribution in [2.24, 2.45) is 5.41 Å². The molecular weight excluding hydrogens is 202 g/mol. The lowest BCUT2D eigenvalue weighted by molar-refractivity contribution is -0.148. The summed E-state index contributed by atoms with van der Waals surface area (Å²) in [7, 11) is 0. The number of carbonyl (C=O) groups excluding carboxylic acids is 1.